The van der Waals surface area contributed by atoms with Gasteiger partial charge >= 0.3 is 0 Å². The summed E-state index contributed by atoms with van der Waals surface area (Å²) in [7, 11) is 0. The molecule has 1 aromatic rings. The van der Waals surface area contributed by atoms with Crippen molar-refractivity contribution >= 4 is 0 Å². The number of fused-ring (bicyclic) bond motifs is 1. The van der Waals surface area contributed by atoms with Gasteiger partial charge in [-0.05, 0) is 43.9 Å². The van der Waals surface area contributed by atoms with Crippen LogP contribution in [0.2, 0.25) is 0 Å². The molecule has 1 unspecified atom stereocenters. The van der Waals surface area contributed by atoms with Gasteiger partial charge in [0, 0.05) is 0 Å². The molecule has 0 spiro atoms. The molecule has 0 aromatic heterocycles. The molecule has 0 bridgehead atoms. The van der Waals surface area contributed by atoms with Gasteiger partial charge in [-0.3, -0.25) is 0 Å². The van der Waals surface area contributed by atoms with E-state index in [0.717, 1.165) is 19.3 Å². The van der Waals surface area contributed by atoms with Crippen molar-refractivity contribution in [3.63, 3.8) is 0 Å². The molecule has 0 aliphatic carbocycles. The van der Waals surface area contributed by atoms with Crippen molar-refractivity contribution in [3.05, 3.63) is 34.9 Å². The summed E-state index contributed by atoms with van der Waals surface area (Å²) < 4.78 is 37.0. The van der Waals surface area contributed by atoms with Gasteiger partial charge in [0.05, 0.1) is 12.7 Å². The Morgan fingerprint density at radius 1 is 1.20 bits per heavy atom. The van der Waals surface area contributed by atoms with Gasteiger partial charge in [-0.25, -0.2) is 4.39 Å². The molecule has 0 amide bonds. The molecular weight excluding hydrogens is 323 g/mol. The first-order valence-corrected chi connectivity index (χ1v) is 9.21. The zero-order valence-corrected chi connectivity index (χ0v) is 15.6. The van der Waals surface area contributed by atoms with Crippen LogP contribution in [0.15, 0.2) is 18.2 Å². The van der Waals surface area contributed by atoms with Gasteiger partial charge in [-0.2, -0.15) is 0 Å². The fraction of sp³-hybridized carbons (Fsp3) is 0.700. The molecule has 0 N–H and O–H groups in total. The van der Waals surface area contributed by atoms with Gasteiger partial charge in [0.2, 0.25) is 0 Å². The predicted octanol–water partition coefficient (Wildman–Crippen LogP) is 4.20. The summed E-state index contributed by atoms with van der Waals surface area (Å²) in [5.41, 5.74) is 3.60. The minimum Gasteiger partial charge on any atom is -0.368 e. The van der Waals surface area contributed by atoms with E-state index in [0.29, 0.717) is 6.61 Å². The summed E-state index contributed by atoms with van der Waals surface area (Å²) in [6, 6.07) is 6.22. The Morgan fingerprint density at radius 3 is 2.56 bits per heavy atom. The number of ether oxygens (including phenoxy) is 4. The Labute approximate surface area is 149 Å². The van der Waals surface area contributed by atoms with Gasteiger partial charge in [-0.15, -0.1) is 0 Å². The number of hydrogen-bond acceptors (Lipinski definition) is 4. The van der Waals surface area contributed by atoms with E-state index < -0.39 is 18.8 Å². The number of benzene rings is 1. The highest BCUT2D eigenvalue weighted by atomic mass is 19.1. The highest BCUT2D eigenvalue weighted by Gasteiger charge is 2.56. The molecule has 25 heavy (non-hydrogen) atoms. The van der Waals surface area contributed by atoms with E-state index in [4.69, 9.17) is 18.9 Å². The zero-order chi connectivity index (χ0) is 18.0. The summed E-state index contributed by atoms with van der Waals surface area (Å²) >= 11 is 0. The molecule has 2 heterocycles. The second-order valence-corrected chi connectivity index (χ2v) is 7.30. The van der Waals surface area contributed by atoms with Crippen LogP contribution < -0.4 is 0 Å². The number of unbranched alkanes of at least 4 members (excludes halogenated alkanes) is 1. The third kappa shape index (κ3) is 3.90. The van der Waals surface area contributed by atoms with E-state index in [-0.39, 0.29) is 18.3 Å². The maximum atomic E-state index is 13.2. The minimum absolute atomic E-state index is 0.0802. The lowest BCUT2D eigenvalue weighted by Gasteiger charge is -2.27. The molecule has 5 heteroatoms. The van der Waals surface area contributed by atoms with Crippen molar-refractivity contribution in [2.24, 2.45) is 0 Å². The topological polar surface area (TPSA) is 36.9 Å². The maximum absolute atomic E-state index is 13.2. The number of aryl methyl sites for hydroxylation is 2. The molecule has 2 aliphatic rings. The van der Waals surface area contributed by atoms with E-state index in [1.165, 1.54) is 16.7 Å². The van der Waals surface area contributed by atoms with Crippen LogP contribution in [0, 0.1) is 13.8 Å². The largest absolute Gasteiger partial charge is 0.368 e. The lowest BCUT2D eigenvalue weighted by molar-refractivity contribution is -0.234. The quantitative estimate of drug-likeness (QED) is 0.737. The predicted molar refractivity (Wildman–Crippen MR) is 93.0 cm³/mol. The Hall–Kier alpha value is -1.01. The van der Waals surface area contributed by atoms with Crippen molar-refractivity contribution in [2.45, 2.75) is 84.0 Å². The second kappa shape index (κ2) is 7.70. The number of halogens is 1. The molecule has 4 nitrogen and oxygen atoms in total. The van der Waals surface area contributed by atoms with E-state index in [2.05, 4.69) is 32.9 Å². The van der Waals surface area contributed by atoms with Crippen LogP contribution in [0.4, 0.5) is 4.39 Å². The maximum Gasteiger partial charge on any atom is 0.197 e. The van der Waals surface area contributed by atoms with Crippen LogP contribution in [-0.2, 0) is 25.6 Å². The fourth-order valence-corrected chi connectivity index (χ4v) is 3.63. The highest BCUT2D eigenvalue weighted by Crippen LogP contribution is 2.40. The molecule has 2 saturated heterocycles. The number of rotatable bonds is 7. The Balaban J connectivity index is 1.73. The summed E-state index contributed by atoms with van der Waals surface area (Å²) in [6.07, 6.45) is 1.76. The first kappa shape index (κ1) is 18.8. The van der Waals surface area contributed by atoms with Crippen molar-refractivity contribution in [3.8, 4) is 0 Å². The van der Waals surface area contributed by atoms with Gasteiger partial charge < -0.3 is 18.9 Å². The molecule has 3 rings (SSSR count). The van der Waals surface area contributed by atoms with Gasteiger partial charge in [0.1, 0.15) is 18.9 Å². The van der Waals surface area contributed by atoms with E-state index in [1.54, 1.807) is 6.92 Å². The lowest BCUT2D eigenvalue weighted by atomic mass is 10.0. The van der Waals surface area contributed by atoms with Gasteiger partial charge in [0.25, 0.3) is 0 Å². The van der Waals surface area contributed by atoms with Crippen molar-refractivity contribution in [1.29, 1.82) is 0 Å². The third-order valence-electron chi connectivity index (χ3n) is 5.17. The summed E-state index contributed by atoms with van der Waals surface area (Å²) in [6.45, 7) is 7.72. The van der Waals surface area contributed by atoms with Crippen molar-refractivity contribution < 1.29 is 23.3 Å². The Morgan fingerprint density at radius 2 is 1.92 bits per heavy atom. The molecule has 2 aliphatic heterocycles. The zero-order valence-electron chi connectivity index (χ0n) is 15.6. The molecule has 5 atom stereocenters. The first-order chi connectivity index (χ1) is 12.0. The molecule has 0 radical (unpaired) electrons. The molecule has 0 saturated carbocycles. The summed E-state index contributed by atoms with van der Waals surface area (Å²) in [5.74, 6) is -1.23. The summed E-state index contributed by atoms with van der Waals surface area (Å²) in [4.78, 5) is 0. The molecular formula is C20H29FO4. The standard InChI is InChI=1S/C20H29FO4/c1-5-6-10-16-17(18-19(23-16)25-20(4,12-21)24-18)22-11-15-13(2)8-7-9-14(15)3/h7-9,16-19H,5-6,10-12H2,1-4H3/t16-,17+,18-,19-,20?/m1/s1. The second-order valence-electron chi connectivity index (χ2n) is 7.30. The molecule has 2 fully saturated rings. The average Bonchev–Trinajstić information content (AvgIpc) is 3.06. The first-order valence-electron chi connectivity index (χ1n) is 9.21. The van der Waals surface area contributed by atoms with E-state index >= 15 is 0 Å². The van der Waals surface area contributed by atoms with Crippen LogP contribution in [0.3, 0.4) is 0 Å². The van der Waals surface area contributed by atoms with Crippen LogP contribution in [-0.4, -0.2) is 37.1 Å². The van der Waals surface area contributed by atoms with Crippen LogP contribution >= 0.6 is 0 Å². The monoisotopic (exact) mass is 352 g/mol. The normalized spacial score (nSPS) is 34.4. The fourth-order valence-electron chi connectivity index (χ4n) is 3.63. The average molecular weight is 352 g/mol. The third-order valence-corrected chi connectivity index (χ3v) is 5.17. The molecule has 1 aromatic carbocycles. The van der Waals surface area contributed by atoms with E-state index in [9.17, 15) is 4.39 Å². The van der Waals surface area contributed by atoms with Crippen LogP contribution in [0.1, 0.15) is 49.8 Å². The molecule has 140 valence electrons. The highest BCUT2D eigenvalue weighted by molar-refractivity contribution is 5.32. The van der Waals surface area contributed by atoms with Crippen molar-refractivity contribution in [2.75, 3.05) is 6.67 Å². The lowest BCUT2D eigenvalue weighted by Crippen LogP contribution is -2.38. The number of alkyl halides is 1. The van der Waals surface area contributed by atoms with Gasteiger partial charge in [0.15, 0.2) is 12.1 Å². The Bertz CT molecular complexity index is 573. The van der Waals surface area contributed by atoms with Crippen LogP contribution in [0.25, 0.3) is 0 Å². The summed E-state index contributed by atoms with van der Waals surface area (Å²) in [5, 5.41) is 0. The number of hydrogen-bond donors (Lipinski definition) is 0. The minimum atomic E-state index is -1.23. The Kier molecular flexibility index (Phi) is 5.78. The van der Waals surface area contributed by atoms with E-state index in [1.807, 2.05) is 6.07 Å². The SMILES string of the molecule is CCCC[C@H]1O[C@@H]2OC(C)(CF)O[C@@H]2[C@H]1OCc1c(C)cccc1C. The van der Waals surface area contributed by atoms with Crippen molar-refractivity contribution in [1.82, 2.24) is 0 Å². The van der Waals surface area contributed by atoms with Crippen LogP contribution in [0.5, 0.6) is 0 Å². The van der Waals surface area contributed by atoms with Gasteiger partial charge in [-0.1, -0.05) is 38.0 Å². The smallest absolute Gasteiger partial charge is 0.197 e.